The minimum Gasteiger partial charge on any atom is -0.469 e. The zero-order chi connectivity index (χ0) is 14.9. The lowest BCUT2D eigenvalue weighted by Gasteiger charge is -2.12. The Balaban J connectivity index is 1.56. The predicted octanol–water partition coefficient (Wildman–Crippen LogP) is 2.72. The lowest BCUT2D eigenvalue weighted by molar-refractivity contribution is -0.141. The number of carbonyl (C=O) groups is 1. The summed E-state index contributed by atoms with van der Waals surface area (Å²) in [7, 11) is 1.45. The molecule has 112 valence electrons. The highest BCUT2D eigenvalue weighted by Gasteiger charge is 2.44. The minimum absolute atomic E-state index is 0.104. The third-order valence-corrected chi connectivity index (χ3v) is 5.20. The number of aromatic nitrogens is 2. The third-order valence-electron chi connectivity index (χ3n) is 3.91. The number of benzene rings is 1. The monoisotopic (exact) mass is 305 g/mol. The van der Waals surface area contributed by atoms with Crippen LogP contribution in [0.5, 0.6) is 0 Å². The fourth-order valence-electron chi connectivity index (χ4n) is 2.44. The van der Waals surface area contributed by atoms with Crippen LogP contribution < -0.4 is 5.73 Å². The quantitative estimate of drug-likeness (QED) is 0.633. The number of nitrogens with zero attached hydrogens (tertiary/aromatic N) is 1. The number of aromatic amines is 1. The number of methoxy groups -OCH3 is 1. The number of imidazole rings is 1. The van der Waals surface area contributed by atoms with Crippen molar-refractivity contribution in [3.63, 3.8) is 0 Å². The first-order valence-corrected chi connectivity index (χ1v) is 8.14. The molecule has 0 unspecified atom stereocenters. The van der Waals surface area contributed by atoms with E-state index in [4.69, 9.17) is 10.5 Å². The number of thioether (sulfide) groups is 1. The number of nitrogens with one attached hydrogen (secondary N) is 1. The number of rotatable bonds is 6. The van der Waals surface area contributed by atoms with Crippen LogP contribution in [0.25, 0.3) is 11.0 Å². The molecule has 1 saturated carbocycles. The second-order valence-electron chi connectivity index (χ2n) is 5.71. The molecule has 5 nitrogen and oxygen atoms in total. The Morgan fingerprint density at radius 3 is 3.05 bits per heavy atom. The SMILES string of the molecule is COC(=O)CC1(CSCc2nc3ccc(N)cc3[nH]2)CC1. The number of anilines is 1. The Labute approximate surface area is 127 Å². The van der Waals surface area contributed by atoms with Crippen molar-refractivity contribution < 1.29 is 9.53 Å². The van der Waals surface area contributed by atoms with E-state index in [-0.39, 0.29) is 11.4 Å². The fourth-order valence-corrected chi connectivity index (χ4v) is 3.70. The molecule has 0 radical (unpaired) electrons. The van der Waals surface area contributed by atoms with E-state index in [0.717, 1.165) is 46.9 Å². The largest absolute Gasteiger partial charge is 0.469 e. The van der Waals surface area contributed by atoms with Crippen LogP contribution >= 0.6 is 11.8 Å². The van der Waals surface area contributed by atoms with Crippen LogP contribution in [-0.4, -0.2) is 28.8 Å². The van der Waals surface area contributed by atoms with E-state index >= 15 is 0 Å². The van der Waals surface area contributed by atoms with Gasteiger partial charge in [-0.3, -0.25) is 4.79 Å². The molecule has 0 saturated heterocycles. The number of fused-ring (bicyclic) bond motifs is 1. The first kappa shape index (κ1) is 14.3. The number of carbonyl (C=O) groups excluding carboxylic acids is 1. The molecule has 0 bridgehead atoms. The predicted molar refractivity (Wildman–Crippen MR) is 85.0 cm³/mol. The summed E-state index contributed by atoms with van der Waals surface area (Å²) >= 11 is 1.81. The molecule has 1 aromatic carbocycles. The molecule has 0 spiro atoms. The molecule has 0 aliphatic heterocycles. The summed E-state index contributed by atoms with van der Waals surface area (Å²) in [5.74, 6) is 2.64. The van der Waals surface area contributed by atoms with E-state index in [1.54, 1.807) is 0 Å². The molecule has 1 aliphatic carbocycles. The van der Waals surface area contributed by atoms with Gasteiger partial charge in [-0.25, -0.2) is 4.98 Å². The van der Waals surface area contributed by atoms with E-state index in [0.29, 0.717) is 6.42 Å². The smallest absolute Gasteiger partial charge is 0.306 e. The number of hydrogen-bond acceptors (Lipinski definition) is 5. The molecule has 21 heavy (non-hydrogen) atoms. The van der Waals surface area contributed by atoms with Gasteiger partial charge in [0.25, 0.3) is 0 Å². The number of nitrogen functional groups attached to an aromatic ring is 1. The van der Waals surface area contributed by atoms with E-state index in [1.165, 1.54) is 7.11 Å². The van der Waals surface area contributed by atoms with Crippen molar-refractivity contribution >= 4 is 34.5 Å². The zero-order valence-electron chi connectivity index (χ0n) is 12.0. The van der Waals surface area contributed by atoms with Crippen LogP contribution in [0.2, 0.25) is 0 Å². The van der Waals surface area contributed by atoms with Crippen molar-refractivity contribution in [1.29, 1.82) is 0 Å². The number of nitrogens with two attached hydrogens (primary N) is 1. The standard InChI is InChI=1S/C15H19N3O2S/c1-20-14(19)7-15(4-5-15)9-21-8-13-17-11-3-2-10(16)6-12(11)18-13/h2-3,6H,4-5,7-9,16H2,1H3,(H,17,18). The first-order chi connectivity index (χ1) is 10.1. The molecule has 1 fully saturated rings. The molecular formula is C15H19N3O2S. The number of esters is 1. The normalized spacial score (nSPS) is 16.0. The Morgan fingerprint density at radius 2 is 2.33 bits per heavy atom. The highest BCUT2D eigenvalue weighted by atomic mass is 32.2. The average molecular weight is 305 g/mol. The molecule has 1 aromatic heterocycles. The van der Waals surface area contributed by atoms with E-state index in [9.17, 15) is 4.79 Å². The Kier molecular flexibility index (Phi) is 3.80. The highest BCUT2D eigenvalue weighted by Crippen LogP contribution is 2.51. The van der Waals surface area contributed by atoms with Gasteiger partial charge in [0.05, 0.1) is 30.3 Å². The van der Waals surface area contributed by atoms with Crippen LogP contribution in [0.3, 0.4) is 0 Å². The topological polar surface area (TPSA) is 81.0 Å². The highest BCUT2D eigenvalue weighted by molar-refractivity contribution is 7.98. The van der Waals surface area contributed by atoms with Gasteiger partial charge in [-0.2, -0.15) is 11.8 Å². The second-order valence-corrected chi connectivity index (χ2v) is 6.69. The lowest BCUT2D eigenvalue weighted by Crippen LogP contribution is -2.13. The summed E-state index contributed by atoms with van der Waals surface area (Å²) in [6.45, 7) is 0. The van der Waals surface area contributed by atoms with Gasteiger partial charge in [-0.05, 0) is 42.2 Å². The third kappa shape index (κ3) is 3.32. The summed E-state index contributed by atoms with van der Waals surface area (Å²) in [5, 5.41) is 0. The summed E-state index contributed by atoms with van der Waals surface area (Å²) in [6.07, 6.45) is 2.77. The van der Waals surface area contributed by atoms with Gasteiger partial charge in [0.15, 0.2) is 0 Å². The van der Waals surface area contributed by atoms with Gasteiger partial charge in [0.2, 0.25) is 0 Å². The first-order valence-electron chi connectivity index (χ1n) is 6.99. The second kappa shape index (κ2) is 5.60. The lowest BCUT2D eigenvalue weighted by atomic mass is 10.1. The van der Waals surface area contributed by atoms with E-state index < -0.39 is 0 Å². The van der Waals surface area contributed by atoms with Gasteiger partial charge in [-0.15, -0.1) is 0 Å². The molecule has 3 rings (SSSR count). The Morgan fingerprint density at radius 1 is 1.52 bits per heavy atom. The van der Waals surface area contributed by atoms with Gasteiger partial charge >= 0.3 is 5.97 Å². The minimum atomic E-state index is -0.104. The number of H-pyrrole nitrogens is 1. The van der Waals surface area contributed by atoms with Crippen molar-refractivity contribution in [2.24, 2.45) is 5.41 Å². The van der Waals surface area contributed by atoms with Crippen LogP contribution in [0.4, 0.5) is 5.69 Å². The molecule has 6 heteroatoms. The Hall–Kier alpha value is -1.69. The summed E-state index contributed by atoms with van der Waals surface area (Å²) < 4.78 is 4.76. The number of hydrogen-bond donors (Lipinski definition) is 2. The fraction of sp³-hybridized carbons (Fsp3) is 0.467. The van der Waals surface area contributed by atoms with Gasteiger partial charge in [-0.1, -0.05) is 0 Å². The maximum atomic E-state index is 11.4. The molecule has 0 atom stereocenters. The molecule has 3 N–H and O–H groups in total. The van der Waals surface area contributed by atoms with Crippen molar-refractivity contribution in [3.8, 4) is 0 Å². The number of ether oxygens (including phenoxy) is 1. The van der Waals surface area contributed by atoms with Crippen LogP contribution in [-0.2, 0) is 15.3 Å². The van der Waals surface area contributed by atoms with Gasteiger partial charge in [0.1, 0.15) is 5.82 Å². The van der Waals surface area contributed by atoms with Crippen molar-refractivity contribution in [1.82, 2.24) is 9.97 Å². The van der Waals surface area contributed by atoms with Crippen LogP contribution in [0.15, 0.2) is 18.2 Å². The summed E-state index contributed by atoms with van der Waals surface area (Å²) in [6, 6.07) is 5.68. The average Bonchev–Trinajstić information content (AvgIpc) is 3.09. The van der Waals surface area contributed by atoms with Gasteiger partial charge in [0, 0.05) is 5.69 Å². The van der Waals surface area contributed by atoms with Crippen molar-refractivity contribution in [3.05, 3.63) is 24.0 Å². The maximum Gasteiger partial charge on any atom is 0.306 e. The molecular weight excluding hydrogens is 286 g/mol. The molecule has 2 aromatic rings. The molecule has 0 amide bonds. The zero-order valence-corrected chi connectivity index (χ0v) is 12.8. The van der Waals surface area contributed by atoms with E-state index in [1.807, 2.05) is 30.0 Å². The van der Waals surface area contributed by atoms with Crippen molar-refractivity contribution in [2.45, 2.75) is 25.0 Å². The molecule has 1 aliphatic rings. The van der Waals surface area contributed by atoms with Crippen LogP contribution in [0.1, 0.15) is 25.1 Å². The van der Waals surface area contributed by atoms with Crippen LogP contribution in [0, 0.1) is 5.41 Å². The molecule has 1 heterocycles. The summed E-state index contributed by atoms with van der Waals surface area (Å²) in [5.41, 5.74) is 8.57. The Bertz CT molecular complexity index is 664. The van der Waals surface area contributed by atoms with E-state index in [2.05, 4.69) is 9.97 Å². The maximum absolute atomic E-state index is 11.4. The van der Waals surface area contributed by atoms with Crippen molar-refractivity contribution in [2.75, 3.05) is 18.6 Å². The van der Waals surface area contributed by atoms with Gasteiger partial charge < -0.3 is 15.5 Å². The summed E-state index contributed by atoms with van der Waals surface area (Å²) in [4.78, 5) is 19.2.